The molecule has 0 radical (unpaired) electrons. The molecular weight excluding hydrogens is 484 g/mol. The van der Waals surface area contributed by atoms with Crippen LogP contribution in [0.15, 0.2) is 66.2 Å². The number of hydrogen-bond donors (Lipinski definition) is 0. The third kappa shape index (κ3) is 4.13. The molecule has 0 saturated carbocycles. The van der Waals surface area contributed by atoms with Gasteiger partial charge >= 0.3 is 0 Å². The zero-order valence-electron chi connectivity index (χ0n) is 21.7. The van der Waals surface area contributed by atoms with Crippen molar-refractivity contribution >= 4 is 11.4 Å². The third-order valence-corrected chi connectivity index (χ3v) is 6.96. The van der Waals surface area contributed by atoms with Crippen LogP contribution in [0.3, 0.4) is 0 Å². The van der Waals surface area contributed by atoms with Crippen LogP contribution in [0, 0.1) is 5.41 Å². The maximum absolute atomic E-state index is 13.6. The zero-order valence-corrected chi connectivity index (χ0v) is 21.7. The highest BCUT2D eigenvalue weighted by atomic mass is 16.5. The van der Waals surface area contributed by atoms with Crippen molar-refractivity contribution in [3.8, 4) is 23.1 Å². The first-order chi connectivity index (χ1) is 18.4. The number of fused-ring (bicyclic) bond motifs is 3. The highest BCUT2D eigenvalue weighted by Crippen LogP contribution is 2.51. The highest BCUT2D eigenvalue weighted by Gasteiger charge is 2.44. The van der Waals surface area contributed by atoms with E-state index in [1.165, 1.54) is 0 Å². The fourth-order valence-electron chi connectivity index (χ4n) is 5.28. The average molecular weight is 513 g/mol. The zero-order chi connectivity index (χ0) is 26.4. The van der Waals surface area contributed by atoms with Gasteiger partial charge in [0.25, 0.3) is 0 Å². The standard InChI is InChI=1S/C29H28N4O5/c1-29(2)13-19(34)25-22(14-29)38-28-26(24(25)17-10-11-20(35-3)21(12-17)36-4)27-31-23(32-33(27)16-30-28)15-37-18-8-6-5-7-9-18/h5-12,16,24H,13-15H2,1-4H3/t24-/m0/s1. The van der Waals surface area contributed by atoms with Crippen molar-refractivity contribution in [1.82, 2.24) is 19.6 Å². The van der Waals surface area contributed by atoms with Crippen molar-refractivity contribution in [3.05, 3.63) is 83.1 Å². The minimum Gasteiger partial charge on any atom is -0.493 e. The summed E-state index contributed by atoms with van der Waals surface area (Å²) >= 11 is 0. The van der Waals surface area contributed by atoms with Crippen molar-refractivity contribution in [1.29, 1.82) is 0 Å². The lowest BCUT2D eigenvalue weighted by Gasteiger charge is -2.37. The van der Waals surface area contributed by atoms with Gasteiger partial charge in [0, 0.05) is 18.4 Å². The van der Waals surface area contributed by atoms with Crippen LogP contribution in [0.2, 0.25) is 0 Å². The van der Waals surface area contributed by atoms with E-state index >= 15 is 0 Å². The van der Waals surface area contributed by atoms with Gasteiger partial charge < -0.3 is 18.9 Å². The highest BCUT2D eigenvalue weighted by molar-refractivity contribution is 6.00. The second-order valence-corrected chi connectivity index (χ2v) is 10.3. The molecule has 0 bridgehead atoms. The third-order valence-electron chi connectivity index (χ3n) is 6.96. The lowest BCUT2D eigenvalue weighted by molar-refractivity contribution is -0.118. The van der Waals surface area contributed by atoms with Crippen molar-refractivity contribution in [3.63, 3.8) is 0 Å². The van der Waals surface area contributed by atoms with E-state index in [0.29, 0.717) is 58.6 Å². The van der Waals surface area contributed by atoms with Crippen molar-refractivity contribution in [2.45, 2.75) is 39.2 Å². The Balaban J connectivity index is 1.50. The number of para-hydroxylation sites is 1. The number of benzene rings is 2. The van der Waals surface area contributed by atoms with Gasteiger partial charge in [-0.1, -0.05) is 38.1 Å². The number of ketones is 1. The summed E-state index contributed by atoms with van der Waals surface area (Å²) in [6.07, 6.45) is 2.64. The summed E-state index contributed by atoms with van der Waals surface area (Å²) in [5.74, 6) is 3.06. The number of aromatic nitrogens is 4. The molecule has 38 heavy (non-hydrogen) atoms. The van der Waals surface area contributed by atoms with Gasteiger partial charge in [-0.25, -0.2) is 14.5 Å². The first-order valence-electron chi connectivity index (χ1n) is 12.4. The molecule has 9 heteroatoms. The van der Waals surface area contributed by atoms with E-state index in [-0.39, 0.29) is 17.8 Å². The van der Waals surface area contributed by atoms with Crippen LogP contribution < -0.4 is 18.9 Å². The number of hydrogen-bond acceptors (Lipinski definition) is 8. The molecule has 1 aliphatic heterocycles. The molecule has 0 spiro atoms. The molecule has 0 N–H and O–H groups in total. The summed E-state index contributed by atoms with van der Waals surface area (Å²) in [7, 11) is 3.19. The molecule has 1 aliphatic carbocycles. The van der Waals surface area contributed by atoms with Crippen LogP contribution in [-0.4, -0.2) is 39.6 Å². The number of ether oxygens (including phenoxy) is 4. The number of carbonyl (C=O) groups excluding carboxylic acids is 1. The van der Waals surface area contributed by atoms with Gasteiger partial charge in [-0.3, -0.25) is 4.79 Å². The van der Waals surface area contributed by atoms with Gasteiger partial charge in [0.1, 0.15) is 24.4 Å². The van der Waals surface area contributed by atoms with E-state index < -0.39 is 5.92 Å². The number of carbonyl (C=O) groups is 1. The Morgan fingerprint density at radius 2 is 1.84 bits per heavy atom. The molecule has 0 amide bonds. The van der Waals surface area contributed by atoms with Gasteiger partial charge in [-0.2, -0.15) is 0 Å². The van der Waals surface area contributed by atoms with Gasteiger partial charge in [0.05, 0.1) is 25.7 Å². The predicted molar refractivity (Wildman–Crippen MR) is 139 cm³/mol. The van der Waals surface area contributed by atoms with Crippen molar-refractivity contribution in [2.24, 2.45) is 5.41 Å². The SMILES string of the molecule is COc1ccc([C@H]2C3=C(CC(C)(C)CC3=O)Oc3ncn4nc(COc5ccccc5)nc4c32)cc1OC. The van der Waals surface area contributed by atoms with Gasteiger partial charge in [0.2, 0.25) is 5.88 Å². The minimum absolute atomic E-state index is 0.0517. The molecule has 6 rings (SSSR count). The summed E-state index contributed by atoms with van der Waals surface area (Å²) in [5, 5.41) is 4.59. The van der Waals surface area contributed by atoms with E-state index in [1.54, 1.807) is 25.1 Å². The number of allylic oxidation sites excluding steroid dienone is 2. The van der Waals surface area contributed by atoms with E-state index in [9.17, 15) is 4.79 Å². The van der Waals surface area contributed by atoms with Crippen LogP contribution in [0.25, 0.3) is 5.65 Å². The monoisotopic (exact) mass is 512 g/mol. The van der Waals surface area contributed by atoms with Crippen molar-refractivity contribution < 1.29 is 23.7 Å². The van der Waals surface area contributed by atoms with Crippen LogP contribution in [0.5, 0.6) is 23.1 Å². The summed E-state index contributed by atoms with van der Waals surface area (Å²) < 4.78 is 24.9. The Kier molecular flexibility index (Phi) is 5.78. The summed E-state index contributed by atoms with van der Waals surface area (Å²) in [4.78, 5) is 23.0. The first-order valence-corrected chi connectivity index (χ1v) is 12.4. The first kappa shape index (κ1) is 24.0. The molecule has 3 heterocycles. The lowest BCUT2D eigenvalue weighted by Crippen LogP contribution is -2.33. The molecule has 4 aromatic rings. The van der Waals surface area contributed by atoms with Crippen LogP contribution in [0.4, 0.5) is 0 Å². The Morgan fingerprint density at radius 1 is 1.05 bits per heavy atom. The van der Waals surface area contributed by atoms with E-state index in [4.69, 9.17) is 23.9 Å². The summed E-state index contributed by atoms with van der Waals surface area (Å²) in [6.45, 7) is 4.34. The second kappa shape index (κ2) is 9.16. The molecule has 0 fully saturated rings. The van der Waals surface area contributed by atoms with Crippen LogP contribution >= 0.6 is 0 Å². The van der Waals surface area contributed by atoms with E-state index in [0.717, 1.165) is 11.3 Å². The fourth-order valence-corrected chi connectivity index (χ4v) is 5.28. The fraction of sp³-hybridized carbons (Fsp3) is 0.310. The van der Waals surface area contributed by atoms with Crippen LogP contribution in [-0.2, 0) is 11.4 Å². The van der Waals surface area contributed by atoms with Gasteiger partial charge in [0.15, 0.2) is 28.8 Å². The Hall–Kier alpha value is -4.40. The maximum atomic E-state index is 13.6. The summed E-state index contributed by atoms with van der Waals surface area (Å²) in [6, 6.07) is 15.2. The molecule has 2 aromatic heterocycles. The largest absolute Gasteiger partial charge is 0.493 e. The minimum atomic E-state index is -0.458. The molecule has 2 aromatic carbocycles. The number of nitrogens with zero attached hydrogens (tertiary/aromatic N) is 4. The summed E-state index contributed by atoms with van der Waals surface area (Å²) in [5.41, 5.74) is 2.52. The molecule has 0 saturated heterocycles. The Morgan fingerprint density at radius 3 is 2.61 bits per heavy atom. The van der Waals surface area contributed by atoms with E-state index in [1.807, 2.05) is 48.5 Å². The van der Waals surface area contributed by atoms with E-state index in [2.05, 4.69) is 23.9 Å². The molecular formula is C29H28N4O5. The average Bonchev–Trinajstić information content (AvgIpc) is 3.33. The number of rotatable bonds is 6. The number of methoxy groups -OCH3 is 2. The molecule has 9 nitrogen and oxygen atoms in total. The number of Topliss-reactive ketones (excluding diaryl/α,β-unsaturated/α-hetero) is 1. The lowest BCUT2D eigenvalue weighted by atomic mass is 9.70. The topological polar surface area (TPSA) is 97.1 Å². The van der Waals surface area contributed by atoms with Crippen LogP contribution in [0.1, 0.15) is 49.6 Å². The quantitative estimate of drug-likeness (QED) is 0.360. The molecule has 2 aliphatic rings. The second-order valence-electron chi connectivity index (χ2n) is 10.3. The maximum Gasteiger partial charge on any atom is 0.228 e. The van der Waals surface area contributed by atoms with Crippen molar-refractivity contribution in [2.75, 3.05) is 14.2 Å². The van der Waals surface area contributed by atoms with Gasteiger partial charge in [-0.15, -0.1) is 5.10 Å². The molecule has 0 unspecified atom stereocenters. The Bertz CT molecular complexity index is 1570. The smallest absolute Gasteiger partial charge is 0.228 e. The molecule has 1 atom stereocenters. The molecule has 194 valence electrons. The Labute approximate surface area is 220 Å². The normalized spacial score (nSPS) is 18.0. The predicted octanol–water partition coefficient (Wildman–Crippen LogP) is 4.89. The van der Waals surface area contributed by atoms with Gasteiger partial charge in [-0.05, 0) is 35.2 Å².